The van der Waals surface area contributed by atoms with Crippen LogP contribution in [0.1, 0.15) is 50.2 Å². The lowest BCUT2D eigenvalue weighted by molar-refractivity contribution is 0.127. The van der Waals surface area contributed by atoms with E-state index >= 15 is 0 Å². The summed E-state index contributed by atoms with van der Waals surface area (Å²) in [6.07, 6.45) is 0.609. The first-order valence-electron chi connectivity index (χ1n) is 14.8. The van der Waals surface area contributed by atoms with Crippen LogP contribution in [0.3, 0.4) is 0 Å². The zero-order chi connectivity index (χ0) is 30.0. The molecule has 1 aliphatic heterocycles. The molecular weight excluding hydrogens is 393 g/mol. The molecule has 1 saturated heterocycles. The average molecular weight is 437 g/mol. The summed E-state index contributed by atoms with van der Waals surface area (Å²) >= 11 is 0. The third kappa shape index (κ3) is 7.24. The minimum atomic E-state index is -2.28. The Morgan fingerprint density at radius 3 is 2.55 bits per heavy atom. The van der Waals surface area contributed by atoms with E-state index in [-0.39, 0.29) is 37.7 Å². The monoisotopic (exact) mass is 436 g/mol. The molecule has 2 aromatic carbocycles. The van der Waals surface area contributed by atoms with Crippen molar-refractivity contribution in [1.29, 1.82) is 0 Å². The van der Waals surface area contributed by atoms with Crippen molar-refractivity contribution in [2.75, 3.05) is 26.6 Å². The third-order valence-electron chi connectivity index (χ3n) is 4.92. The van der Waals surface area contributed by atoms with Crippen molar-refractivity contribution in [2.45, 2.75) is 45.8 Å². The highest BCUT2D eigenvalue weighted by Gasteiger charge is 2.27. The van der Waals surface area contributed by atoms with Crippen LogP contribution in [-0.4, -0.2) is 48.5 Å². The van der Waals surface area contributed by atoms with E-state index in [1.807, 2.05) is 0 Å². The molecule has 0 bridgehead atoms. The van der Waals surface area contributed by atoms with Crippen molar-refractivity contribution >= 4 is 6.03 Å². The van der Waals surface area contributed by atoms with E-state index in [0.29, 0.717) is 24.2 Å². The SMILES string of the molecule is [2H]c1c([2H])c(CN(C(=O)NCc2ccc(OC([2H])([2H])C(C)C)cc2)C2CCN(C([2H])([2H])[2H])CC2)c([2H])c([2H])c1F. The molecule has 5 nitrogen and oxygen atoms in total. The number of nitrogens with zero attached hydrogens (tertiary/aromatic N) is 2. The second-order valence-electron chi connectivity index (χ2n) is 7.82. The largest absolute Gasteiger partial charge is 0.493 e. The lowest BCUT2D eigenvalue weighted by atomic mass is 10.0. The molecule has 168 valence electrons. The summed E-state index contributed by atoms with van der Waals surface area (Å²) in [6, 6.07) is 2.71. The number of hydrogen-bond donors (Lipinski definition) is 1. The van der Waals surface area contributed by atoms with Crippen molar-refractivity contribution in [1.82, 2.24) is 15.1 Å². The number of hydrogen-bond acceptors (Lipinski definition) is 3. The molecule has 31 heavy (non-hydrogen) atoms. The predicted molar refractivity (Wildman–Crippen MR) is 121 cm³/mol. The molecule has 3 rings (SSSR count). The first-order valence-corrected chi connectivity index (χ1v) is 10.3. The van der Waals surface area contributed by atoms with Gasteiger partial charge in [-0.15, -0.1) is 0 Å². The first-order chi connectivity index (χ1) is 18.5. The lowest BCUT2D eigenvalue weighted by Gasteiger charge is -2.37. The van der Waals surface area contributed by atoms with E-state index < -0.39 is 55.6 Å². The quantitative estimate of drug-likeness (QED) is 0.654. The molecule has 1 fully saturated rings. The van der Waals surface area contributed by atoms with Gasteiger partial charge in [-0.25, -0.2) is 9.18 Å². The predicted octanol–water partition coefficient (Wildman–Crippen LogP) is 4.67. The van der Waals surface area contributed by atoms with E-state index in [4.69, 9.17) is 17.1 Å². The maximum atomic E-state index is 14.1. The molecule has 0 spiro atoms. The highest BCUT2D eigenvalue weighted by molar-refractivity contribution is 5.74. The maximum Gasteiger partial charge on any atom is 0.318 e. The highest BCUT2D eigenvalue weighted by Crippen LogP contribution is 2.19. The standard InChI is InChI=1S/C25H34FN3O2/c1-19(2)18-31-24-10-6-20(7-11-24)16-27-25(30)29(23-12-14-28(3)15-13-23)17-21-4-8-22(26)9-5-21/h4-11,19,23H,12-18H2,1-3H3,(H,27,30)/i3D3,4D,5D,8D,9D,18D2. The number of halogens is 1. The van der Waals surface area contributed by atoms with E-state index in [2.05, 4.69) is 5.32 Å². The minimum Gasteiger partial charge on any atom is -0.493 e. The molecule has 1 N–H and O–H groups in total. The number of ether oxygens (including phenoxy) is 1. The van der Waals surface area contributed by atoms with E-state index in [1.165, 1.54) is 9.80 Å². The third-order valence-corrected chi connectivity index (χ3v) is 4.92. The van der Waals surface area contributed by atoms with Crippen LogP contribution < -0.4 is 10.1 Å². The van der Waals surface area contributed by atoms with Crippen LogP contribution in [0.5, 0.6) is 5.75 Å². The molecule has 0 aromatic heterocycles. The van der Waals surface area contributed by atoms with Crippen LogP contribution in [0.2, 0.25) is 0 Å². The fourth-order valence-corrected chi connectivity index (χ4v) is 3.26. The molecule has 0 atom stereocenters. The van der Waals surface area contributed by atoms with Crippen LogP contribution in [0.4, 0.5) is 9.18 Å². The Hall–Kier alpha value is -2.60. The van der Waals surface area contributed by atoms with Crippen molar-refractivity contribution in [2.24, 2.45) is 5.92 Å². The summed E-state index contributed by atoms with van der Waals surface area (Å²) in [5.74, 6) is -1.30. The van der Waals surface area contributed by atoms with Gasteiger partial charge in [0.15, 0.2) is 0 Å². The van der Waals surface area contributed by atoms with E-state index in [9.17, 15) is 9.18 Å². The number of nitrogens with one attached hydrogen (secondary N) is 1. The second kappa shape index (κ2) is 11.1. The lowest BCUT2D eigenvalue weighted by Crippen LogP contribution is -2.49. The fourth-order valence-electron chi connectivity index (χ4n) is 3.26. The Morgan fingerprint density at radius 1 is 1.26 bits per heavy atom. The summed E-state index contributed by atoms with van der Waals surface area (Å²) in [5.41, 5.74) is 0.555. The highest BCUT2D eigenvalue weighted by atomic mass is 19.1. The Balaban J connectivity index is 1.79. The van der Waals surface area contributed by atoms with Crippen molar-refractivity contribution in [3.63, 3.8) is 0 Å². The number of amides is 2. The van der Waals surface area contributed by atoms with Crippen molar-refractivity contribution < 1.29 is 26.3 Å². The van der Waals surface area contributed by atoms with Gasteiger partial charge in [0, 0.05) is 23.2 Å². The molecule has 2 aromatic rings. The molecular formula is C25H34FN3O2. The van der Waals surface area contributed by atoms with E-state index in [0.717, 1.165) is 0 Å². The summed E-state index contributed by atoms with van der Waals surface area (Å²) in [6.45, 7) is -0.575. The van der Waals surface area contributed by atoms with Crippen LogP contribution in [-0.2, 0) is 13.1 Å². The van der Waals surface area contributed by atoms with Gasteiger partial charge in [-0.05, 0) is 74.2 Å². The second-order valence-corrected chi connectivity index (χ2v) is 7.82. The molecule has 2 amide bonds. The number of carbonyl (C=O) groups is 1. The van der Waals surface area contributed by atoms with Gasteiger partial charge in [0.05, 0.1) is 14.8 Å². The molecule has 6 heteroatoms. The van der Waals surface area contributed by atoms with Gasteiger partial charge in [-0.2, -0.15) is 0 Å². The Kier molecular flexibility index (Phi) is 4.94. The zero-order valence-corrected chi connectivity index (χ0v) is 17.8. The molecule has 0 radical (unpaired) electrons. The van der Waals surface area contributed by atoms with Gasteiger partial charge < -0.3 is 19.9 Å². The number of carbonyl (C=O) groups excluding carboxylic acids is 1. The summed E-state index contributed by atoms with van der Waals surface area (Å²) < 4.78 is 90.3. The first kappa shape index (κ1) is 13.7. The van der Waals surface area contributed by atoms with Gasteiger partial charge in [0.25, 0.3) is 0 Å². The van der Waals surface area contributed by atoms with Crippen LogP contribution >= 0.6 is 0 Å². The number of benzene rings is 2. The van der Waals surface area contributed by atoms with Crippen molar-refractivity contribution in [3.05, 3.63) is 65.4 Å². The minimum absolute atomic E-state index is 0.0824. The summed E-state index contributed by atoms with van der Waals surface area (Å²) in [7, 11) is 0. The molecule has 0 saturated carbocycles. The normalized spacial score (nSPS) is 20.2. The number of likely N-dealkylation sites (tertiary alicyclic amines) is 1. The topological polar surface area (TPSA) is 44.8 Å². The Bertz CT molecular complexity index is 1170. The van der Waals surface area contributed by atoms with Crippen molar-refractivity contribution in [3.8, 4) is 5.75 Å². The molecule has 0 aliphatic carbocycles. The van der Waals surface area contributed by atoms with Crippen LogP contribution in [0, 0.1) is 11.7 Å². The number of piperidine rings is 1. The fraction of sp³-hybridized carbons (Fsp3) is 0.480. The van der Waals surface area contributed by atoms with Gasteiger partial charge in [0.2, 0.25) is 0 Å². The molecule has 1 heterocycles. The Morgan fingerprint density at radius 2 is 1.94 bits per heavy atom. The maximum absolute atomic E-state index is 14.1. The smallest absolute Gasteiger partial charge is 0.318 e. The average Bonchev–Trinajstić information content (AvgIpc) is 2.89. The van der Waals surface area contributed by atoms with E-state index in [1.54, 1.807) is 38.1 Å². The molecule has 0 unspecified atom stereocenters. The zero-order valence-electron chi connectivity index (χ0n) is 26.8. The number of urea groups is 1. The van der Waals surface area contributed by atoms with Gasteiger partial charge in [-0.3, -0.25) is 0 Å². The van der Waals surface area contributed by atoms with Gasteiger partial charge in [0.1, 0.15) is 11.6 Å². The Labute approximate surface area is 197 Å². The van der Waals surface area contributed by atoms with Crippen LogP contribution in [0.15, 0.2) is 48.4 Å². The molecule has 1 aliphatic rings. The van der Waals surface area contributed by atoms with Gasteiger partial charge >= 0.3 is 6.03 Å². The summed E-state index contributed by atoms with van der Waals surface area (Å²) in [4.78, 5) is 16.1. The van der Waals surface area contributed by atoms with Crippen LogP contribution in [0.25, 0.3) is 0 Å². The summed E-state index contributed by atoms with van der Waals surface area (Å²) in [5, 5.41) is 2.78. The van der Waals surface area contributed by atoms with Gasteiger partial charge in [-0.1, -0.05) is 38.1 Å². The number of rotatable bonds is 8.